The summed E-state index contributed by atoms with van der Waals surface area (Å²) >= 11 is 1.62. The highest BCUT2D eigenvalue weighted by atomic mass is 32.2. The summed E-state index contributed by atoms with van der Waals surface area (Å²) in [6.45, 7) is 0. The van der Waals surface area contributed by atoms with Crippen molar-refractivity contribution in [2.24, 2.45) is 11.8 Å². The van der Waals surface area contributed by atoms with Crippen LogP contribution in [0.15, 0.2) is 35.2 Å². The van der Waals surface area contributed by atoms with Gasteiger partial charge in [0, 0.05) is 10.9 Å². The fourth-order valence-electron chi connectivity index (χ4n) is 3.34. The molecule has 3 unspecified atom stereocenters. The molecule has 3 atom stereocenters. The molecule has 3 rings (SSSR count). The molecule has 18 heavy (non-hydrogen) atoms. The van der Waals surface area contributed by atoms with E-state index in [2.05, 4.69) is 17.4 Å². The lowest BCUT2D eigenvalue weighted by molar-refractivity contribution is -0.119. The van der Waals surface area contributed by atoms with Crippen LogP contribution in [-0.4, -0.2) is 17.7 Å². The van der Waals surface area contributed by atoms with E-state index in [0.29, 0.717) is 11.8 Å². The third kappa shape index (κ3) is 2.72. The van der Waals surface area contributed by atoms with Gasteiger partial charge < -0.3 is 5.32 Å². The number of carbonyl (C=O) groups excluding carboxylic acids is 1. The molecule has 2 aliphatic rings. The minimum Gasteiger partial charge on any atom is -0.352 e. The first-order valence-corrected chi connectivity index (χ1v) is 7.77. The fraction of sp³-hybridized carbons (Fsp3) is 0.533. The Labute approximate surface area is 113 Å². The summed E-state index contributed by atoms with van der Waals surface area (Å²) < 4.78 is 0. The van der Waals surface area contributed by atoms with Gasteiger partial charge in [-0.1, -0.05) is 24.6 Å². The predicted molar refractivity (Wildman–Crippen MR) is 74.5 cm³/mol. The highest BCUT2D eigenvalue weighted by Crippen LogP contribution is 2.44. The van der Waals surface area contributed by atoms with Crippen molar-refractivity contribution in [1.29, 1.82) is 0 Å². The van der Waals surface area contributed by atoms with Crippen LogP contribution in [0, 0.1) is 11.8 Å². The summed E-state index contributed by atoms with van der Waals surface area (Å²) in [4.78, 5) is 13.1. The van der Waals surface area contributed by atoms with Crippen molar-refractivity contribution in [2.45, 2.75) is 36.6 Å². The Hall–Kier alpha value is -0.960. The van der Waals surface area contributed by atoms with Gasteiger partial charge in [0.1, 0.15) is 0 Å². The molecule has 2 nitrogen and oxygen atoms in total. The molecule has 0 aliphatic heterocycles. The van der Waals surface area contributed by atoms with Crippen molar-refractivity contribution in [3.8, 4) is 0 Å². The Balaban J connectivity index is 1.45. The number of hydrogen-bond donors (Lipinski definition) is 1. The minimum absolute atomic E-state index is 0.196. The number of fused-ring (bicyclic) bond motifs is 2. The number of thioether (sulfide) groups is 1. The topological polar surface area (TPSA) is 29.1 Å². The average Bonchev–Trinajstić information content (AvgIpc) is 3.00. The van der Waals surface area contributed by atoms with Crippen molar-refractivity contribution in [2.75, 3.05) is 5.75 Å². The molecule has 0 spiro atoms. The number of amides is 1. The Morgan fingerprint density at radius 1 is 1.22 bits per heavy atom. The zero-order valence-corrected chi connectivity index (χ0v) is 11.3. The largest absolute Gasteiger partial charge is 0.352 e. The number of benzene rings is 1. The van der Waals surface area contributed by atoms with Gasteiger partial charge in [-0.3, -0.25) is 4.79 Å². The summed E-state index contributed by atoms with van der Waals surface area (Å²) in [5.74, 6) is 2.39. The highest BCUT2D eigenvalue weighted by molar-refractivity contribution is 8.00. The van der Waals surface area contributed by atoms with Gasteiger partial charge in [-0.25, -0.2) is 0 Å². The molecule has 1 N–H and O–H groups in total. The first-order valence-electron chi connectivity index (χ1n) is 6.78. The Morgan fingerprint density at radius 2 is 2.06 bits per heavy atom. The maximum atomic E-state index is 11.9. The van der Waals surface area contributed by atoms with Crippen molar-refractivity contribution < 1.29 is 4.79 Å². The van der Waals surface area contributed by atoms with Crippen molar-refractivity contribution >= 4 is 17.7 Å². The molecule has 96 valence electrons. The summed E-state index contributed by atoms with van der Waals surface area (Å²) in [5, 5.41) is 3.22. The maximum Gasteiger partial charge on any atom is 0.230 e. The van der Waals surface area contributed by atoms with Gasteiger partial charge >= 0.3 is 0 Å². The number of rotatable bonds is 4. The van der Waals surface area contributed by atoms with E-state index in [1.165, 1.54) is 30.6 Å². The molecular weight excluding hydrogens is 242 g/mol. The van der Waals surface area contributed by atoms with Gasteiger partial charge in [-0.2, -0.15) is 0 Å². The third-order valence-electron chi connectivity index (χ3n) is 4.20. The van der Waals surface area contributed by atoms with Gasteiger partial charge in [0.15, 0.2) is 0 Å². The highest BCUT2D eigenvalue weighted by Gasteiger charge is 2.39. The van der Waals surface area contributed by atoms with Crippen LogP contribution in [0.25, 0.3) is 0 Å². The summed E-state index contributed by atoms with van der Waals surface area (Å²) in [5.41, 5.74) is 0. The van der Waals surface area contributed by atoms with E-state index in [1.54, 1.807) is 11.8 Å². The molecule has 2 fully saturated rings. The molecule has 0 radical (unpaired) electrons. The molecule has 1 aromatic carbocycles. The Morgan fingerprint density at radius 3 is 2.72 bits per heavy atom. The summed E-state index contributed by atoms with van der Waals surface area (Å²) in [7, 11) is 0. The van der Waals surface area contributed by atoms with Gasteiger partial charge in [-0.05, 0) is 43.2 Å². The smallest absolute Gasteiger partial charge is 0.230 e. The zero-order chi connectivity index (χ0) is 12.4. The molecule has 0 heterocycles. The molecule has 3 heteroatoms. The van der Waals surface area contributed by atoms with Crippen LogP contribution in [0.4, 0.5) is 0 Å². The number of nitrogens with one attached hydrogen (secondary N) is 1. The SMILES string of the molecule is O=C(CSc1ccccc1)NC1CC2CCC1C2. The quantitative estimate of drug-likeness (QED) is 0.844. The second-order valence-electron chi connectivity index (χ2n) is 5.45. The maximum absolute atomic E-state index is 11.9. The van der Waals surface area contributed by atoms with Crippen molar-refractivity contribution in [3.63, 3.8) is 0 Å². The van der Waals surface area contributed by atoms with E-state index < -0.39 is 0 Å². The second-order valence-corrected chi connectivity index (χ2v) is 6.50. The van der Waals surface area contributed by atoms with E-state index in [1.807, 2.05) is 18.2 Å². The van der Waals surface area contributed by atoms with Crippen molar-refractivity contribution in [3.05, 3.63) is 30.3 Å². The van der Waals surface area contributed by atoms with Crippen LogP contribution < -0.4 is 5.32 Å². The monoisotopic (exact) mass is 261 g/mol. The molecule has 0 aromatic heterocycles. The van der Waals surface area contributed by atoms with Crippen LogP contribution in [0.3, 0.4) is 0 Å². The molecule has 1 amide bonds. The second kappa shape index (κ2) is 5.35. The third-order valence-corrected chi connectivity index (χ3v) is 5.21. The summed E-state index contributed by atoms with van der Waals surface area (Å²) in [6, 6.07) is 10.6. The van der Waals surface area contributed by atoms with Crippen LogP contribution in [0.1, 0.15) is 25.7 Å². The van der Waals surface area contributed by atoms with E-state index in [4.69, 9.17) is 0 Å². The normalized spacial score (nSPS) is 29.4. The Kier molecular flexibility index (Phi) is 3.59. The number of carbonyl (C=O) groups is 1. The lowest BCUT2D eigenvalue weighted by Crippen LogP contribution is -2.39. The van der Waals surface area contributed by atoms with Crippen molar-refractivity contribution in [1.82, 2.24) is 5.32 Å². The molecule has 2 bridgehead atoms. The van der Waals surface area contributed by atoms with Gasteiger partial charge in [0.05, 0.1) is 5.75 Å². The lowest BCUT2D eigenvalue weighted by atomic mass is 9.95. The van der Waals surface area contributed by atoms with Crippen LogP contribution in [0.2, 0.25) is 0 Å². The molecule has 0 saturated heterocycles. The van der Waals surface area contributed by atoms with Gasteiger partial charge in [-0.15, -0.1) is 11.8 Å². The first kappa shape index (κ1) is 12.1. The standard InChI is InChI=1S/C15H19NOS/c17-15(10-18-13-4-2-1-3-5-13)16-14-9-11-6-7-12(14)8-11/h1-5,11-12,14H,6-10H2,(H,16,17). The van der Waals surface area contributed by atoms with Gasteiger partial charge in [0.25, 0.3) is 0 Å². The minimum atomic E-state index is 0.196. The number of hydrogen-bond acceptors (Lipinski definition) is 2. The Bertz CT molecular complexity index is 420. The van der Waals surface area contributed by atoms with E-state index >= 15 is 0 Å². The van der Waals surface area contributed by atoms with Crippen LogP contribution in [-0.2, 0) is 4.79 Å². The van der Waals surface area contributed by atoms with Crippen LogP contribution in [0.5, 0.6) is 0 Å². The average molecular weight is 261 g/mol. The lowest BCUT2D eigenvalue weighted by Gasteiger charge is -2.22. The summed E-state index contributed by atoms with van der Waals surface area (Å²) in [6.07, 6.45) is 5.26. The fourth-order valence-corrected chi connectivity index (χ4v) is 4.07. The molecule has 2 aliphatic carbocycles. The van der Waals surface area contributed by atoms with Gasteiger partial charge in [0.2, 0.25) is 5.91 Å². The van der Waals surface area contributed by atoms with E-state index in [9.17, 15) is 4.79 Å². The molecule has 1 aromatic rings. The van der Waals surface area contributed by atoms with E-state index in [0.717, 1.165) is 11.8 Å². The molecular formula is C15H19NOS. The predicted octanol–water partition coefficient (Wildman–Crippen LogP) is 3.08. The van der Waals surface area contributed by atoms with E-state index in [-0.39, 0.29) is 5.91 Å². The molecule has 2 saturated carbocycles. The van der Waals surface area contributed by atoms with Crippen LogP contribution >= 0.6 is 11.8 Å². The zero-order valence-electron chi connectivity index (χ0n) is 10.5. The first-order chi connectivity index (χ1) is 8.81.